The van der Waals surface area contributed by atoms with Crippen molar-refractivity contribution in [2.75, 3.05) is 13.6 Å². The average molecular weight is 551 g/mol. The number of carbonyl (C=O) groups is 2. The van der Waals surface area contributed by atoms with Crippen molar-refractivity contribution in [3.8, 4) is 0 Å². The highest BCUT2D eigenvalue weighted by atomic mass is 127. The van der Waals surface area contributed by atoms with Crippen molar-refractivity contribution < 1.29 is 9.59 Å². The lowest BCUT2D eigenvalue weighted by molar-refractivity contribution is -0.117. The SMILES string of the molecule is CN=C(NCc1ccc(C(=O)NCC(N)=O)cc1)NC(C)c1ccc(CC(C)C)cc1.I. The minimum atomic E-state index is -0.575. The van der Waals surface area contributed by atoms with E-state index in [-0.39, 0.29) is 42.5 Å². The summed E-state index contributed by atoms with van der Waals surface area (Å²) in [6.45, 7) is 6.93. The fourth-order valence-corrected chi connectivity index (χ4v) is 3.13. The molecule has 0 fully saturated rings. The van der Waals surface area contributed by atoms with Gasteiger partial charge in [0.15, 0.2) is 5.96 Å². The molecule has 0 aliphatic heterocycles. The maximum Gasteiger partial charge on any atom is 0.251 e. The van der Waals surface area contributed by atoms with Crippen molar-refractivity contribution in [3.05, 3.63) is 70.8 Å². The van der Waals surface area contributed by atoms with Crippen LogP contribution in [-0.4, -0.2) is 31.4 Å². The minimum absolute atomic E-state index is 0. The first-order valence-corrected chi connectivity index (χ1v) is 10.5. The zero-order valence-corrected chi connectivity index (χ0v) is 21.5. The van der Waals surface area contributed by atoms with E-state index in [1.165, 1.54) is 11.1 Å². The predicted octanol–water partition coefficient (Wildman–Crippen LogP) is 3.14. The number of hydrogen-bond donors (Lipinski definition) is 4. The lowest BCUT2D eigenvalue weighted by Crippen LogP contribution is -2.38. The molecule has 8 heteroatoms. The van der Waals surface area contributed by atoms with Gasteiger partial charge in [-0.3, -0.25) is 14.6 Å². The monoisotopic (exact) mass is 551 g/mol. The van der Waals surface area contributed by atoms with Gasteiger partial charge >= 0.3 is 0 Å². The van der Waals surface area contributed by atoms with E-state index in [9.17, 15) is 9.59 Å². The third-order valence-electron chi connectivity index (χ3n) is 4.80. The summed E-state index contributed by atoms with van der Waals surface area (Å²) in [5.41, 5.74) is 9.06. The highest BCUT2D eigenvalue weighted by molar-refractivity contribution is 14.0. The van der Waals surface area contributed by atoms with E-state index in [4.69, 9.17) is 5.73 Å². The molecule has 32 heavy (non-hydrogen) atoms. The number of hydrogen-bond acceptors (Lipinski definition) is 3. The maximum absolute atomic E-state index is 11.9. The van der Waals surface area contributed by atoms with E-state index in [1.54, 1.807) is 19.2 Å². The van der Waals surface area contributed by atoms with E-state index in [0.29, 0.717) is 24.0 Å². The van der Waals surface area contributed by atoms with Gasteiger partial charge in [0.2, 0.25) is 5.91 Å². The van der Waals surface area contributed by atoms with Gasteiger partial charge in [0.1, 0.15) is 0 Å². The molecular weight excluding hydrogens is 517 g/mol. The molecule has 5 N–H and O–H groups in total. The Labute approximate surface area is 207 Å². The van der Waals surface area contributed by atoms with Crippen LogP contribution in [0.3, 0.4) is 0 Å². The third kappa shape index (κ3) is 9.25. The normalized spacial score (nSPS) is 12.0. The van der Waals surface area contributed by atoms with Crippen molar-refractivity contribution in [2.24, 2.45) is 16.6 Å². The van der Waals surface area contributed by atoms with Gasteiger partial charge in [0.05, 0.1) is 12.6 Å². The van der Waals surface area contributed by atoms with Crippen LogP contribution in [0.25, 0.3) is 0 Å². The van der Waals surface area contributed by atoms with Gasteiger partial charge in [-0.2, -0.15) is 0 Å². The standard InChI is InChI=1S/C24H33N5O2.HI/c1-16(2)13-18-5-9-20(10-6-18)17(3)29-24(26-4)28-14-19-7-11-21(12-8-19)23(31)27-15-22(25)30;/h5-12,16-17H,13-15H2,1-4H3,(H2,25,30)(H,27,31)(H2,26,28,29);1H. The number of amides is 2. The van der Waals surface area contributed by atoms with E-state index < -0.39 is 5.91 Å². The van der Waals surface area contributed by atoms with Crippen LogP contribution < -0.4 is 21.7 Å². The molecule has 0 aliphatic rings. The summed E-state index contributed by atoms with van der Waals surface area (Å²) in [5, 5.41) is 9.16. The van der Waals surface area contributed by atoms with Crippen LogP contribution in [-0.2, 0) is 17.8 Å². The summed E-state index contributed by atoms with van der Waals surface area (Å²) in [6, 6.07) is 15.9. The first kappa shape index (κ1) is 27.4. The molecule has 2 aromatic rings. The van der Waals surface area contributed by atoms with E-state index in [0.717, 1.165) is 12.0 Å². The molecule has 0 aliphatic carbocycles. The number of rotatable bonds is 9. The summed E-state index contributed by atoms with van der Waals surface area (Å²) in [5.74, 6) is 0.433. The van der Waals surface area contributed by atoms with Gasteiger partial charge in [-0.25, -0.2) is 0 Å². The van der Waals surface area contributed by atoms with Crippen LogP contribution in [0, 0.1) is 5.92 Å². The van der Waals surface area contributed by atoms with Crippen molar-refractivity contribution in [1.29, 1.82) is 0 Å². The lowest BCUT2D eigenvalue weighted by Gasteiger charge is -2.19. The van der Waals surface area contributed by atoms with Crippen LogP contribution in [0.15, 0.2) is 53.5 Å². The Kier molecular flexibility index (Phi) is 11.8. The number of carbonyl (C=O) groups excluding carboxylic acids is 2. The summed E-state index contributed by atoms with van der Waals surface area (Å²) in [4.78, 5) is 27.0. The molecule has 0 saturated carbocycles. The lowest BCUT2D eigenvalue weighted by atomic mass is 10.00. The number of halogens is 1. The Balaban J connectivity index is 0.00000512. The molecule has 0 saturated heterocycles. The third-order valence-corrected chi connectivity index (χ3v) is 4.80. The number of nitrogens with one attached hydrogen (secondary N) is 3. The Morgan fingerprint density at radius 2 is 1.53 bits per heavy atom. The summed E-state index contributed by atoms with van der Waals surface area (Å²) in [6.07, 6.45) is 1.08. The summed E-state index contributed by atoms with van der Waals surface area (Å²) in [7, 11) is 1.74. The number of aliphatic imine (C=N–C) groups is 1. The molecule has 1 atom stereocenters. The first-order valence-electron chi connectivity index (χ1n) is 10.5. The molecule has 0 heterocycles. The van der Waals surface area contributed by atoms with Gasteiger partial charge in [-0.05, 0) is 48.1 Å². The van der Waals surface area contributed by atoms with Crippen molar-refractivity contribution >= 4 is 41.8 Å². The molecule has 0 aromatic heterocycles. The van der Waals surface area contributed by atoms with Gasteiger partial charge in [-0.1, -0.05) is 50.2 Å². The topological polar surface area (TPSA) is 109 Å². The Morgan fingerprint density at radius 3 is 2.06 bits per heavy atom. The zero-order chi connectivity index (χ0) is 22.8. The fourth-order valence-electron chi connectivity index (χ4n) is 3.13. The highest BCUT2D eigenvalue weighted by Crippen LogP contribution is 2.15. The molecule has 0 spiro atoms. The van der Waals surface area contributed by atoms with Crippen LogP contribution in [0.2, 0.25) is 0 Å². The Bertz CT molecular complexity index is 896. The van der Waals surface area contributed by atoms with Crippen LogP contribution in [0.4, 0.5) is 0 Å². The molecule has 1 unspecified atom stereocenters. The molecule has 2 rings (SSSR count). The largest absolute Gasteiger partial charge is 0.368 e. The maximum atomic E-state index is 11.9. The number of nitrogens with two attached hydrogens (primary N) is 1. The van der Waals surface area contributed by atoms with Gasteiger partial charge in [-0.15, -0.1) is 24.0 Å². The summed E-state index contributed by atoms with van der Waals surface area (Å²) >= 11 is 0. The van der Waals surface area contributed by atoms with Crippen molar-refractivity contribution in [3.63, 3.8) is 0 Å². The van der Waals surface area contributed by atoms with Crippen molar-refractivity contribution in [2.45, 2.75) is 39.8 Å². The van der Waals surface area contributed by atoms with E-state index in [1.807, 2.05) is 12.1 Å². The highest BCUT2D eigenvalue weighted by Gasteiger charge is 2.09. The number of primary amides is 1. The Morgan fingerprint density at radius 1 is 0.938 bits per heavy atom. The van der Waals surface area contributed by atoms with Gasteiger partial charge in [0, 0.05) is 19.2 Å². The van der Waals surface area contributed by atoms with Crippen LogP contribution >= 0.6 is 24.0 Å². The quantitative estimate of drug-likeness (QED) is 0.218. The predicted molar refractivity (Wildman–Crippen MR) is 140 cm³/mol. The van der Waals surface area contributed by atoms with Gasteiger partial charge in [0.25, 0.3) is 5.91 Å². The fraction of sp³-hybridized carbons (Fsp3) is 0.375. The molecular formula is C24H34IN5O2. The molecule has 0 bridgehead atoms. The smallest absolute Gasteiger partial charge is 0.251 e. The number of benzene rings is 2. The Hall–Kier alpha value is -2.62. The molecule has 174 valence electrons. The number of guanidine groups is 1. The minimum Gasteiger partial charge on any atom is -0.368 e. The summed E-state index contributed by atoms with van der Waals surface area (Å²) < 4.78 is 0. The molecule has 2 aromatic carbocycles. The second-order valence-corrected chi connectivity index (χ2v) is 7.98. The second-order valence-electron chi connectivity index (χ2n) is 7.98. The van der Waals surface area contributed by atoms with E-state index in [2.05, 4.69) is 66.0 Å². The average Bonchev–Trinajstić information content (AvgIpc) is 2.75. The molecule has 0 radical (unpaired) electrons. The van der Waals surface area contributed by atoms with Crippen LogP contribution in [0.5, 0.6) is 0 Å². The van der Waals surface area contributed by atoms with Crippen molar-refractivity contribution in [1.82, 2.24) is 16.0 Å². The second kappa shape index (κ2) is 13.7. The number of nitrogens with zero attached hydrogens (tertiary/aromatic N) is 1. The van der Waals surface area contributed by atoms with Gasteiger partial charge < -0.3 is 21.7 Å². The van der Waals surface area contributed by atoms with Crippen LogP contribution in [0.1, 0.15) is 53.9 Å². The van der Waals surface area contributed by atoms with E-state index >= 15 is 0 Å². The molecule has 7 nitrogen and oxygen atoms in total. The molecule has 2 amide bonds. The zero-order valence-electron chi connectivity index (χ0n) is 19.1. The first-order chi connectivity index (χ1) is 14.8.